The van der Waals surface area contributed by atoms with Gasteiger partial charge in [-0.25, -0.2) is 4.79 Å². The molecule has 0 aliphatic carbocycles. The maximum Gasteiger partial charge on any atom is 0.335 e. The Balaban J connectivity index is 1.91. The van der Waals surface area contributed by atoms with Crippen molar-refractivity contribution in [3.63, 3.8) is 0 Å². The fourth-order valence-corrected chi connectivity index (χ4v) is 1.89. The Labute approximate surface area is 105 Å². The second kappa shape index (κ2) is 5.64. The molecule has 1 atom stereocenters. The van der Waals surface area contributed by atoms with E-state index in [1.165, 1.54) is 6.07 Å². The average molecular weight is 249 g/mol. The zero-order valence-electron chi connectivity index (χ0n) is 9.89. The molecule has 2 rings (SSSR count). The van der Waals surface area contributed by atoms with Crippen LogP contribution >= 0.6 is 0 Å². The fraction of sp³-hybridized carbons (Fsp3) is 0.385. The third-order valence-corrected chi connectivity index (χ3v) is 2.94. The molecular weight excluding hydrogens is 234 g/mol. The van der Waals surface area contributed by atoms with Crippen molar-refractivity contribution in [2.45, 2.75) is 13.0 Å². The van der Waals surface area contributed by atoms with Crippen LogP contribution in [0, 0.1) is 5.92 Å². The van der Waals surface area contributed by atoms with Gasteiger partial charge in [-0.3, -0.25) is 4.79 Å². The van der Waals surface area contributed by atoms with Gasteiger partial charge in [0.15, 0.2) is 0 Å². The second-order valence-electron chi connectivity index (χ2n) is 4.28. The molecule has 1 aliphatic rings. The Hall–Kier alpha value is -1.88. The van der Waals surface area contributed by atoms with Crippen molar-refractivity contribution in [1.82, 2.24) is 5.32 Å². The van der Waals surface area contributed by atoms with Crippen LogP contribution in [-0.4, -0.2) is 30.2 Å². The molecule has 5 nitrogen and oxygen atoms in total. The highest BCUT2D eigenvalue weighted by molar-refractivity contribution is 5.87. The largest absolute Gasteiger partial charge is 0.478 e. The smallest absolute Gasteiger partial charge is 0.335 e. The first-order chi connectivity index (χ1) is 8.66. The van der Waals surface area contributed by atoms with Gasteiger partial charge in [0.25, 0.3) is 0 Å². The summed E-state index contributed by atoms with van der Waals surface area (Å²) in [6, 6.07) is 6.55. The summed E-state index contributed by atoms with van der Waals surface area (Å²) in [6.45, 7) is 1.45. The normalized spacial score (nSPS) is 18.6. The topological polar surface area (TPSA) is 75.6 Å². The van der Waals surface area contributed by atoms with Gasteiger partial charge in [0, 0.05) is 13.2 Å². The van der Waals surface area contributed by atoms with Crippen LogP contribution in [-0.2, 0) is 16.1 Å². The average Bonchev–Trinajstić information content (AvgIpc) is 2.90. The monoisotopic (exact) mass is 249 g/mol. The van der Waals surface area contributed by atoms with Crippen LogP contribution in [0.4, 0.5) is 0 Å². The summed E-state index contributed by atoms with van der Waals surface area (Å²) < 4.78 is 5.14. The molecule has 0 aromatic heterocycles. The molecule has 1 fully saturated rings. The van der Waals surface area contributed by atoms with Crippen LogP contribution in [0.2, 0.25) is 0 Å². The SMILES string of the molecule is O=C(O)c1cccc(CNC(=O)[C@H]2CCOC2)c1. The van der Waals surface area contributed by atoms with Gasteiger partial charge in [-0.1, -0.05) is 12.1 Å². The zero-order chi connectivity index (χ0) is 13.0. The van der Waals surface area contributed by atoms with E-state index in [0.717, 1.165) is 12.0 Å². The molecule has 1 amide bonds. The Morgan fingerprint density at radius 2 is 2.28 bits per heavy atom. The van der Waals surface area contributed by atoms with Crippen LogP contribution < -0.4 is 5.32 Å². The minimum Gasteiger partial charge on any atom is -0.478 e. The summed E-state index contributed by atoms with van der Waals surface area (Å²) in [5.74, 6) is -1.08. The third-order valence-electron chi connectivity index (χ3n) is 2.94. The molecule has 1 saturated heterocycles. The number of carboxylic acid groups (broad SMARTS) is 1. The van der Waals surface area contributed by atoms with Crippen molar-refractivity contribution in [1.29, 1.82) is 0 Å². The van der Waals surface area contributed by atoms with E-state index in [4.69, 9.17) is 9.84 Å². The van der Waals surface area contributed by atoms with Crippen LogP contribution in [0.1, 0.15) is 22.3 Å². The number of benzene rings is 1. The summed E-state index contributed by atoms with van der Waals surface area (Å²) in [4.78, 5) is 22.5. The van der Waals surface area contributed by atoms with E-state index in [0.29, 0.717) is 19.8 Å². The van der Waals surface area contributed by atoms with Gasteiger partial charge in [-0.05, 0) is 24.1 Å². The van der Waals surface area contributed by atoms with E-state index in [9.17, 15) is 9.59 Å². The zero-order valence-corrected chi connectivity index (χ0v) is 9.89. The maximum atomic E-state index is 11.7. The van der Waals surface area contributed by atoms with Crippen molar-refractivity contribution in [3.05, 3.63) is 35.4 Å². The predicted octanol–water partition coefficient (Wildman–Crippen LogP) is 1.04. The van der Waals surface area contributed by atoms with Gasteiger partial charge in [0.05, 0.1) is 18.1 Å². The summed E-state index contributed by atoms with van der Waals surface area (Å²) in [5, 5.41) is 11.7. The lowest BCUT2D eigenvalue weighted by Crippen LogP contribution is -2.30. The number of hydrogen-bond donors (Lipinski definition) is 2. The van der Waals surface area contributed by atoms with Crippen LogP contribution in [0.3, 0.4) is 0 Å². The molecule has 2 N–H and O–H groups in total. The number of aromatic carboxylic acids is 1. The van der Waals surface area contributed by atoms with Gasteiger partial charge >= 0.3 is 5.97 Å². The fourth-order valence-electron chi connectivity index (χ4n) is 1.89. The molecule has 0 bridgehead atoms. The predicted molar refractivity (Wildman–Crippen MR) is 64.2 cm³/mol. The van der Waals surface area contributed by atoms with E-state index in [1.807, 2.05) is 0 Å². The van der Waals surface area contributed by atoms with Gasteiger partial charge in [-0.15, -0.1) is 0 Å². The number of carbonyl (C=O) groups is 2. The number of carboxylic acids is 1. The second-order valence-corrected chi connectivity index (χ2v) is 4.28. The van der Waals surface area contributed by atoms with Crippen molar-refractivity contribution < 1.29 is 19.4 Å². The van der Waals surface area contributed by atoms with Gasteiger partial charge in [0.1, 0.15) is 0 Å². The van der Waals surface area contributed by atoms with Gasteiger partial charge < -0.3 is 15.2 Å². The first kappa shape index (κ1) is 12.6. The Morgan fingerprint density at radius 1 is 1.44 bits per heavy atom. The molecular formula is C13H15NO4. The van der Waals surface area contributed by atoms with E-state index in [2.05, 4.69) is 5.32 Å². The van der Waals surface area contributed by atoms with Crippen LogP contribution in [0.15, 0.2) is 24.3 Å². The number of hydrogen-bond acceptors (Lipinski definition) is 3. The molecule has 0 saturated carbocycles. The van der Waals surface area contributed by atoms with Crippen molar-refractivity contribution in [3.8, 4) is 0 Å². The molecule has 1 heterocycles. The molecule has 1 aromatic rings. The van der Waals surface area contributed by atoms with Gasteiger partial charge in [-0.2, -0.15) is 0 Å². The molecule has 1 aliphatic heterocycles. The number of ether oxygens (including phenoxy) is 1. The lowest BCUT2D eigenvalue weighted by atomic mass is 10.1. The van der Waals surface area contributed by atoms with E-state index < -0.39 is 5.97 Å². The molecule has 0 spiro atoms. The molecule has 0 radical (unpaired) electrons. The Kier molecular flexibility index (Phi) is 3.94. The quantitative estimate of drug-likeness (QED) is 0.836. The first-order valence-electron chi connectivity index (χ1n) is 5.84. The van der Waals surface area contributed by atoms with E-state index >= 15 is 0 Å². The summed E-state index contributed by atoms with van der Waals surface area (Å²) in [5.41, 5.74) is 1.01. The van der Waals surface area contributed by atoms with E-state index in [-0.39, 0.29) is 17.4 Å². The lowest BCUT2D eigenvalue weighted by molar-refractivity contribution is -0.125. The summed E-state index contributed by atoms with van der Waals surface area (Å²) in [7, 11) is 0. The van der Waals surface area contributed by atoms with Crippen LogP contribution in [0.5, 0.6) is 0 Å². The van der Waals surface area contributed by atoms with Crippen LogP contribution in [0.25, 0.3) is 0 Å². The number of amides is 1. The standard InChI is InChI=1S/C13H15NO4/c15-12(11-4-5-18-8-11)14-7-9-2-1-3-10(6-9)13(16)17/h1-3,6,11H,4-5,7-8H2,(H,14,15)(H,16,17)/t11-/m0/s1. The molecule has 18 heavy (non-hydrogen) atoms. The molecule has 5 heteroatoms. The maximum absolute atomic E-state index is 11.7. The highest BCUT2D eigenvalue weighted by atomic mass is 16.5. The first-order valence-corrected chi connectivity index (χ1v) is 5.84. The van der Waals surface area contributed by atoms with Gasteiger partial charge in [0.2, 0.25) is 5.91 Å². The minimum atomic E-state index is -0.965. The molecule has 0 unspecified atom stereocenters. The number of nitrogens with one attached hydrogen (secondary N) is 1. The summed E-state index contributed by atoms with van der Waals surface area (Å²) >= 11 is 0. The molecule has 96 valence electrons. The lowest BCUT2D eigenvalue weighted by Gasteiger charge is -2.09. The van der Waals surface area contributed by atoms with E-state index in [1.54, 1.807) is 18.2 Å². The third kappa shape index (κ3) is 3.07. The highest BCUT2D eigenvalue weighted by Crippen LogP contribution is 2.12. The van der Waals surface area contributed by atoms with Crippen molar-refractivity contribution >= 4 is 11.9 Å². The molecule has 1 aromatic carbocycles. The van der Waals surface area contributed by atoms with Crippen molar-refractivity contribution in [2.75, 3.05) is 13.2 Å². The minimum absolute atomic E-state index is 0.0340. The van der Waals surface area contributed by atoms with Crippen molar-refractivity contribution in [2.24, 2.45) is 5.92 Å². The Morgan fingerprint density at radius 3 is 2.94 bits per heavy atom. The Bertz CT molecular complexity index is 452. The number of carbonyl (C=O) groups excluding carboxylic acids is 1. The highest BCUT2D eigenvalue weighted by Gasteiger charge is 2.22. The number of rotatable bonds is 4. The summed E-state index contributed by atoms with van der Waals surface area (Å²) in [6.07, 6.45) is 0.751.